The molecule has 1 aliphatic carbocycles. The Balaban J connectivity index is 0.674. The molecule has 4 aliphatic rings. The Kier molecular flexibility index (Phi) is 12.0. The number of pyridine rings is 1. The minimum absolute atomic E-state index is 0.0105. The number of amides is 6. The van der Waals surface area contributed by atoms with Gasteiger partial charge in [-0.2, -0.15) is 0 Å². The lowest BCUT2D eigenvalue weighted by Gasteiger charge is -2.36. The highest BCUT2D eigenvalue weighted by Crippen LogP contribution is 2.36. The molecule has 19 nitrogen and oxygen atoms in total. The molecule has 64 heavy (non-hydrogen) atoms. The highest BCUT2D eigenvalue weighted by molar-refractivity contribution is 6.24. The molecular weight excluding hydrogens is 823 g/mol. The van der Waals surface area contributed by atoms with E-state index in [0.29, 0.717) is 56.4 Å². The predicted octanol–water partition coefficient (Wildman–Crippen LogP) is 2.67. The van der Waals surface area contributed by atoms with E-state index in [9.17, 15) is 28.8 Å². The third kappa shape index (κ3) is 8.83. The molecule has 0 unspecified atom stereocenters. The van der Waals surface area contributed by atoms with Gasteiger partial charge in [0.2, 0.25) is 11.8 Å². The molecule has 0 spiro atoms. The maximum Gasteiger partial charge on any atom is 0.270 e. The number of rotatable bonds is 15. The van der Waals surface area contributed by atoms with Crippen molar-refractivity contribution < 1.29 is 38.2 Å². The van der Waals surface area contributed by atoms with Crippen molar-refractivity contribution in [1.82, 2.24) is 49.8 Å². The smallest absolute Gasteiger partial charge is 0.270 e. The van der Waals surface area contributed by atoms with Gasteiger partial charge in [-0.05, 0) is 74.6 Å². The van der Waals surface area contributed by atoms with Crippen molar-refractivity contribution in [2.45, 2.75) is 63.7 Å². The summed E-state index contributed by atoms with van der Waals surface area (Å²) >= 11 is 0. The van der Waals surface area contributed by atoms with E-state index in [2.05, 4.69) is 45.4 Å². The Morgan fingerprint density at radius 3 is 2.47 bits per heavy atom. The zero-order chi connectivity index (χ0) is 44.3. The third-order valence-corrected chi connectivity index (χ3v) is 12.1. The lowest BCUT2D eigenvalue weighted by atomic mass is 9.86. The minimum atomic E-state index is -1.09. The second-order valence-electron chi connectivity index (χ2n) is 16.3. The molecule has 3 aliphatic heterocycles. The van der Waals surface area contributed by atoms with E-state index < -0.39 is 29.7 Å². The SMILES string of the molecule is Cc1cccc(C(=O)NC2CC(n3cnc4c(NCc5ccc(OCCCN6CCN(C(=O)COc7cccc8c7C(=O)N([C@H]7CCC(=O)NC7=O)C8=O)CC6)cc5)ncnc43)C2)n1. The summed E-state index contributed by atoms with van der Waals surface area (Å²) in [4.78, 5) is 99.1. The van der Waals surface area contributed by atoms with Crippen molar-refractivity contribution in [3.05, 3.63) is 101 Å². The fraction of sp³-hybridized carbons (Fsp3) is 0.378. The van der Waals surface area contributed by atoms with Gasteiger partial charge in [-0.1, -0.05) is 24.3 Å². The summed E-state index contributed by atoms with van der Waals surface area (Å²) in [5, 5.41) is 8.66. The Labute approximate surface area is 367 Å². The van der Waals surface area contributed by atoms with Gasteiger partial charge in [0.15, 0.2) is 18.1 Å². The predicted molar refractivity (Wildman–Crippen MR) is 229 cm³/mol. The minimum Gasteiger partial charge on any atom is -0.494 e. The highest BCUT2D eigenvalue weighted by Gasteiger charge is 2.46. The molecule has 2 saturated heterocycles. The summed E-state index contributed by atoms with van der Waals surface area (Å²) < 4.78 is 13.9. The molecule has 1 atom stereocenters. The quantitative estimate of drug-likeness (QED) is 0.102. The summed E-state index contributed by atoms with van der Waals surface area (Å²) in [7, 11) is 0. The Morgan fingerprint density at radius 1 is 0.891 bits per heavy atom. The fourth-order valence-corrected chi connectivity index (χ4v) is 8.53. The molecule has 9 rings (SSSR count). The number of hydrogen-bond donors (Lipinski definition) is 3. The van der Waals surface area contributed by atoms with Crippen LogP contribution in [0.1, 0.15) is 80.6 Å². The number of piperazine rings is 1. The second-order valence-corrected chi connectivity index (χ2v) is 16.3. The molecule has 3 aromatic heterocycles. The van der Waals surface area contributed by atoms with Crippen LogP contribution in [0.25, 0.3) is 11.2 Å². The highest BCUT2D eigenvalue weighted by atomic mass is 16.5. The molecular formula is C45H47N11O8. The number of aryl methyl sites for hydroxylation is 1. The van der Waals surface area contributed by atoms with E-state index in [1.54, 1.807) is 23.4 Å². The van der Waals surface area contributed by atoms with E-state index in [-0.39, 0.29) is 60.2 Å². The number of anilines is 1. The summed E-state index contributed by atoms with van der Waals surface area (Å²) in [5.74, 6) is -1.36. The van der Waals surface area contributed by atoms with Gasteiger partial charge in [-0.25, -0.2) is 19.9 Å². The van der Waals surface area contributed by atoms with Gasteiger partial charge < -0.3 is 29.6 Å². The van der Waals surface area contributed by atoms with Crippen LogP contribution in [-0.4, -0.2) is 133 Å². The number of hydrogen-bond acceptors (Lipinski definition) is 14. The largest absolute Gasteiger partial charge is 0.494 e. The molecule has 5 aromatic rings. The number of carbonyl (C=O) groups is 6. The first-order chi connectivity index (χ1) is 31.1. The molecule has 6 heterocycles. The van der Waals surface area contributed by atoms with Crippen LogP contribution in [0, 0.1) is 6.92 Å². The molecule has 6 amide bonds. The topological polar surface area (TPSA) is 223 Å². The average Bonchev–Trinajstić information content (AvgIpc) is 3.83. The van der Waals surface area contributed by atoms with Crippen molar-refractivity contribution in [3.63, 3.8) is 0 Å². The third-order valence-electron chi connectivity index (χ3n) is 12.1. The first-order valence-electron chi connectivity index (χ1n) is 21.4. The molecule has 3 N–H and O–H groups in total. The number of imide groups is 2. The Morgan fingerprint density at radius 2 is 1.69 bits per heavy atom. The maximum atomic E-state index is 13.4. The summed E-state index contributed by atoms with van der Waals surface area (Å²) in [6, 6.07) is 17.0. The number of imidazole rings is 1. The fourth-order valence-electron chi connectivity index (χ4n) is 8.53. The van der Waals surface area contributed by atoms with Crippen LogP contribution in [0.5, 0.6) is 11.5 Å². The van der Waals surface area contributed by atoms with Crippen LogP contribution in [0.2, 0.25) is 0 Å². The number of nitrogens with one attached hydrogen (secondary N) is 3. The lowest BCUT2D eigenvalue weighted by Crippen LogP contribution is -2.54. The van der Waals surface area contributed by atoms with Gasteiger partial charge in [-0.15, -0.1) is 0 Å². The van der Waals surface area contributed by atoms with Gasteiger partial charge in [0.05, 0.1) is 24.1 Å². The number of fused-ring (bicyclic) bond motifs is 2. The number of ether oxygens (including phenoxy) is 2. The number of piperidine rings is 1. The number of nitrogens with zero attached hydrogens (tertiary/aromatic N) is 8. The van der Waals surface area contributed by atoms with E-state index >= 15 is 0 Å². The van der Waals surface area contributed by atoms with Crippen molar-refractivity contribution in [1.29, 1.82) is 0 Å². The van der Waals surface area contributed by atoms with Crippen LogP contribution < -0.4 is 25.4 Å². The number of carbonyl (C=O) groups excluding carboxylic acids is 6. The summed E-state index contributed by atoms with van der Waals surface area (Å²) in [6.45, 7) is 5.84. The summed E-state index contributed by atoms with van der Waals surface area (Å²) in [5.41, 5.74) is 3.80. The molecule has 3 fully saturated rings. The maximum absolute atomic E-state index is 13.4. The first-order valence-corrected chi connectivity index (χ1v) is 21.4. The second kappa shape index (κ2) is 18.2. The standard InChI is InChI=1S/C45H47N11O8/c1-27-5-2-7-33(50-27)42(59)51-29-21-30(22-29)55-26-49-39-40(47-25-48-41(39)55)46-23-28-9-11-31(12-10-28)63-20-4-15-53-16-18-54(19-17-53)37(58)24-64-35-8-3-6-32-38(35)45(62)56(44(32)61)34-13-14-36(57)52-43(34)60/h2-3,5-12,25-26,29-30,34H,4,13-24H2,1H3,(H,51,59)(H,46,47,48)(H,52,57,60)/t29?,30?,34-/m0/s1. The van der Waals surface area contributed by atoms with Crippen molar-refractivity contribution in [2.24, 2.45) is 0 Å². The van der Waals surface area contributed by atoms with Gasteiger partial charge in [0.25, 0.3) is 23.6 Å². The average molecular weight is 870 g/mol. The van der Waals surface area contributed by atoms with E-state index in [1.165, 1.54) is 18.5 Å². The van der Waals surface area contributed by atoms with Crippen LogP contribution in [-0.2, 0) is 20.9 Å². The van der Waals surface area contributed by atoms with E-state index in [4.69, 9.17) is 9.47 Å². The first kappa shape index (κ1) is 42.0. The van der Waals surface area contributed by atoms with E-state index in [1.807, 2.05) is 43.3 Å². The molecule has 19 heteroatoms. The van der Waals surface area contributed by atoms with Crippen LogP contribution in [0.15, 0.2) is 73.3 Å². The number of benzene rings is 2. The van der Waals surface area contributed by atoms with Crippen LogP contribution >= 0.6 is 0 Å². The van der Waals surface area contributed by atoms with Crippen LogP contribution in [0.4, 0.5) is 5.82 Å². The van der Waals surface area contributed by atoms with Gasteiger partial charge in [0.1, 0.15) is 35.1 Å². The Bertz CT molecular complexity index is 2620. The molecule has 2 aromatic carbocycles. The number of aromatic nitrogens is 5. The van der Waals surface area contributed by atoms with Crippen LogP contribution in [0.3, 0.4) is 0 Å². The molecule has 0 radical (unpaired) electrons. The van der Waals surface area contributed by atoms with Gasteiger partial charge >= 0.3 is 0 Å². The zero-order valence-electron chi connectivity index (χ0n) is 35.2. The van der Waals surface area contributed by atoms with Crippen molar-refractivity contribution >= 4 is 52.4 Å². The normalized spacial score (nSPS) is 19.9. The monoisotopic (exact) mass is 869 g/mol. The molecule has 330 valence electrons. The van der Waals surface area contributed by atoms with E-state index in [0.717, 1.165) is 53.4 Å². The molecule has 0 bridgehead atoms. The zero-order valence-corrected chi connectivity index (χ0v) is 35.2. The van der Waals surface area contributed by atoms with Crippen molar-refractivity contribution in [3.8, 4) is 11.5 Å². The van der Waals surface area contributed by atoms with Crippen molar-refractivity contribution in [2.75, 3.05) is 51.3 Å². The summed E-state index contributed by atoms with van der Waals surface area (Å²) in [6.07, 6.45) is 5.74. The molecule has 1 saturated carbocycles. The Hall–Kier alpha value is -7.28. The van der Waals surface area contributed by atoms with Gasteiger partial charge in [0, 0.05) is 63.5 Å². The van der Waals surface area contributed by atoms with Gasteiger partial charge in [-0.3, -0.25) is 43.9 Å². The lowest BCUT2D eigenvalue weighted by molar-refractivity contribution is -0.136.